The molecule has 1 heterocycles. The monoisotopic (exact) mass is 447 g/mol. The molecule has 2 aromatic carbocycles. The first kappa shape index (κ1) is 20.7. The zero-order chi connectivity index (χ0) is 22.3. The molecule has 1 atom stereocenters. The third-order valence-corrected chi connectivity index (χ3v) is 7.38. The average Bonchev–Trinajstić information content (AvgIpc) is 3.38. The maximum Gasteiger partial charge on any atom is 0.272 e. The van der Waals surface area contributed by atoms with Crippen molar-refractivity contribution in [3.63, 3.8) is 0 Å². The van der Waals surface area contributed by atoms with E-state index in [0.29, 0.717) is 12.2 Å². The van der Waals surface area contributed by atoms with E-state index < -0.39 is 9.84 Å². The summed E-state index contributed by atoms with van der Waals surface area (Å²) in [6.45, 7) is 0.442. The molecule has 0 saturated heterocycles. The molecule has 0 bridgehead atoms. The lowest BCUT2D eigenvalue weighted by Crippen LogP contribution is -2.35. The number of nitrogens with one attached hydrogen (secondary N) is 1. The van der Waals surface area contributed by atoms with Gasteiger partial charge in [0.05, 0.1) is 23.0 Å². The molecule has 2 aliphatic carbocycles. The Balaban J connectivity index is 1.39. The van der Waals surface area contributed by atoms with Crippen LogP contribution in [0.5, 0.6) is 0 Å². The minimum absolute atomic E-state index is 0.00759. The summed E-state index contributed by atoms with van der Waals surface area (Å²) in [4.78, 5) is 13.4. The van der Waals surface area contributed by atoms with Crippen molar-refractivity contribution in [3.8, 4) is 0 Å². The molecular weight excluding hydrogens is 422 g/mol. The van der Waals surface area contributed by atoms with Gasteiger partial charge in [-0.2, -0.15) is 5.10 Å². The summed E-state index contributed by atoms with van der Waals surface area (Å²) in [6, 6.07) is 14.5. The molecule has 6 nitrogen and oxygen atoms in total. The molecule has 1 unspecified atom stereocenters. The van der Waals surface area contributed by atoms with Crippen molar-refractivity contribution in [1.82, 2.24) is 15.1 Å². The summed E-state index contributed by atoms with van der Waals surface area (Å²) < 4.78 is 25.2. The molecule has 0 fully saturated rings. The molecule has 7 heteroatoms. The second-order valence-corrected chi connectivity index (χ2v) is 10.6. The summed E-state index contributed by atoms with van der Waals surface area (Å²) in [5, 5.41) is 8.58. The molecule has 0 radical (unpaired) electrons. The van der Waals surface area contributed by atoms with Crippen LogP contribution in [0.3, 0.4) is 0 Å². The number of rotatable bonds is 5. The van der Waals surface area contributed by atoms with Crippen LogP contribution >= 0.6 is 0 Å². The van der Waals surface area contributed by atoms with Crippen molar-refractivity contribution < 1.29 is 13.2 Å². The van der Waals surface area contributed by atoms with Gasteiger partial charge in [0.25, 0.3) is 5.91 Å². The van der Waals surface area contributed by atoms with E-state index in [-0.39, 0.29) is 16.8 Å². The second kappa shape index (κ2) is 8.06. The Labute approximate surface area is 187 Å². The minimum atomic E-state index is -3.24. The topological polar surface area (TPSA) is 81.1 Å². The molecular formula is C25H25N3O3S. The lowest BCUT2D eigenvalue weighted by atomic mass is 9.96. The summed E-state index contributed by atoms with van der Waals surface area (Å²) in [7, 11) is -3.24. The number of aromatic nitrogens is 2. The Bertz CT molecular complexity index is 1370. The normalized spacial score (nSPS) is 18.2. The van der Waals surface area contributed by atoms with E-state index in [1.54, 1.807) is 28.9 Å². The summed E-state index contributed by atoms with van der Waals surface area (Å²) >= 11 is 0. The van der Waals surface area contributed by atoms with Gasteiger partial charge in [0.15, 0.2) is 15.5 Å². The van der Waals surface area contributed by atoms with Gasteiger partial charge < -0.3 is 5.32 Å². The van der Waals surface area contributed by atoms with E-state index in [9.17, 15) is 13.2 Å². The van der Waals surface area contributed by atoms with Crippen molar-refractivity contribution in [3.05, 3.63) is 83.1 Å². The van der Waals surface area contributed by atoms with Crippen LogP contribution in [0.4, 0.5) is 0 Å². The molecule has 32 heavy (non-hydrogen) atoms. The summed E-state index contributed by atoms with van der Waals surface area (Å²) in [6.07, 6.45) is 9.80. The van der Waals surface area contributed by atoms with Crippen molar-refractivity contribution in [1.29, 1.82) is 0 Å². The quantitative estimate of drug-likeness (QED) is 0.640. The fraction of sp³-hybridized carbons (Fsp3) is 0.280. The van der Waals surface area contributed by atoms with Gasteiger partial charge in [-0.15, -0.1) is 0 Å². The third kappa shape index (κ3) is 4.00. The van der Waals surface area contributed by atoms with Gasteiger partial charge >= 0.3 is 0 Å². The lowest BCUT2D eigenvalue weighted by molar-refractivity contribution is 0.0939. The molecule has 164 valence electrons. The SMILES string of the molecule is CS(=O)(=O)c1ccc(Cn2nc(C(=O)NC3C=CC4=C(CCC4)C3)c3ccccc32)cc1. The standard InChI is InChI=1S/C25H25N3O3S/c1-32(30,31)21-13-9-17(10-14-21)16-28-23-8-3-2-7-22(23)24(27-28)25(29)26-20-12-11-18-5-4-6-19(18)15-20/h2-3,7-14,20H,4-6,15-16H2,1H3,(H,26,29). The fourth-order valence-electron chi connectivity index (χ4n) is 4.60. The zero-order valence-corrected chi connectivity index (χ0v) is 18.7. The lowest BCUT2D eigenvalue weighted by Gasteiger charge is -2.19. The molecule has 5 rings (SSSR count). The van der Waals surface area contributed by atoms with Crippen molar-refractivity contribution >= 4 is 26.6 Å². The number of para-hydroxylation sites is 1. The molecule has 2 aliphatic rings. The van der Waals surface area contributed by atoms with Gasteiger partial charge in [-0.3, -0.25) is 9.48 Å². The first-order valence-electron chi connectivity index (χ1n) is 10.8. The maximum absolute atomic E-state index is 13.1. The van der Waals surface area contributed by atoms with E-state index in [4.69, 9.17) is 0 Å². The van der Waals surface area contributed by atoms with Crippen LogP contribution in [-0.2, 0) is 16.4 Å². The highest BCUT2D eigenvalue weighted by Gasteiger charge is 2.24. The molecule has 1 aromatic heterocycles. The third-order valence-electron chi connectivity index (χ3n) is 6.25. The Morgan fingerprint density at radius 2 is 1.91 bits per heavy atom. The average molecular weight is 448 g/mol. The van der Waals surface area contributed by atoms with Gasteiger partial charge in [0.1, 0.15) is 0 Å². The van der Waals surface area contributed by atoms with Crippen LogP contribution < -0.4 is 5.32 Å². The summed E-state index contributed by atoms with van der Waals surface area (Å²) in [5.41, 5.74) is 5.09. The van der Waals surface area contributed by atoms with E-state index in [1.807, 2.05) is 24.3 Å². The molecule has 0 aliphatic heterocycles. The predicted molar refractivity (Wildman–Crippen MR) is 124 cm³/mol. The van der Waals surface area contributed by atoms with E-state index in [0.717, 1.165) is 35.7 Å². The highest BCUT2D eigenvalue weighted by molar-refractivity contribution is 7.90. The number of fused-ring (bicyclic) bond motifs is 1. The number of amides is 1. The first-order chi connectivity index (χ1) is 15.4. The van der Waals surface area contributed by atoms with Gasteiger partial charge in [-0.05, 0) is 55.0 Å². The number of allylic oxidation sites excluding steroid dienone is 2. The molecule has 1 N–H and O–H groups in total. The zero-order valence-electron chi connectivity index (χ0n) is 17.9. The van der Waals surface area contributed by atoms with E-state index in [1.165, 1.54) is 23.8 Å². The Kier molecular flexibility index (Phi) is 5.21. The van der Waals surface area contributed by atoms with Crippen LogP contribution in [0.2, 0.25) is 0 Å². The van der Waals surface area contributed by atoms with Crippen LogP contribution in [0.1, 0.15) is 41.7 Å². The highest BCUT2D eigenvalue weighted by Crippen LogP contribution is 2.33. The van der Waals surface area contributed by atoms with Crippen molar-refractivity contribution in [2.75, 3.05) is 6.26 Å². The van der Waals surface area contributed by atoms with Gasteiger partial charge in [0, 0.05) is 11.6 Å². The number of benzene rings is 2. The first-order valence-corrected chi connectivity index (χ1v) is 12.7. The van der Waals surface area contributed by atoms with Crippen LogP contribution in [-0.4, -0.2) is 36.4 Å². The predicted octanol–water partition coefficient (Wildman–Crippen LogP) is 4.03. The number of nitrogens with zero attached hydrogens (tertiary/aromatic N) is 2. The summed E-state index contributed by atoms with van der Waals surface area (Å²) in [5.74, 6) is -0.177. The highest BCUT2D eigenvalue weighted by atomic mass is 32.2. The molecule has 0 spiro atoms. The second-order valence-electron chi connectivity index (χ2n) is 8.57. The maximum atomic E-state index is 13.1. The van der Waals surface area contributed by atoms with E-state index in [2.05, 4.69) is 22.6 Å². The number of carbonyl (C=O) groups is 1. The number of sulfone groups is 1. The van der Waals surface area contributed by atoms with Crippen molar-refractivity contribution in [2.24, 2.45) is 0 Å². The van der Waals surface area contributed by atoms with Gasteiger partial charge in [-0.1, -0.05) is 48.1 Å². The minimum Gasteiger partial charge on any atom is -0.344 e. The van der Waals surface area contributed by atoms with Crippen LogP contribution in [0, 0.1) is 0 Å². The molecule has 1 amide bonds. The number of carbonyl (C=O) groups excluding carboxylic acids is 1. The van der Waals surface area contributed by atoms with Gasteiger partial charge in [0.2, 0.25) is 0 Å². The Morgan fingerprint density at radius 3 is 2.69 bits per heavy atom. The van der Waals surface area contributed by atoms with Crippen LogP contribution in [0.15, 0.2) is 76.7 Å². The van der Waals surface area contributed by atoms with Gasteiger partial charge in [-0.25, -0.2) is 8.42 Å². The molecule has 0 saturated carbocycles. The number of hydrogen-bond donors (Lipinski definition) is 1. The largest absolute Gasteiger partial charge is 0.344 e. The Hall–Kier alpha value is -3.19. The Morgan fingerprint density at radius 1 is 1.12 bits per heavy atom. The fourth-order valence-corrected chi connectivity index (χ4v) is 5.23. The van der Waals surface area contributed by atoms with Crippen LogP contribution in [0.25, 0.3) is 10.9 Å². The van der Waals surface area contributed by atoms with E-state index >= 15 is 0 Å². The molecule has 3 aromatic rings. The smallest absolute Gasteiger partial charge is 0.272 e. The number of hydrogen-bond acceptors (Lipinski definition) is 4. The van der Waals surface area contributed by atoms with Crippen molar-refractivity contribution in [2.45, 2.75) is 43.2 Å².